The molecule has 176 valence electrons. The number of aromatic hydroxyl groups is 1. The Morgan fingerprint density at radius 1 is 1.27 bits per heavy atom. The molecule has 0 radical (unpaired) electrons. The molecule has 0 aromatic heterocycles. The van der Waals surface area contributed by atoms with Gasteiger partial charge in [-0.1, -0.05) is 37.1 Å². The van der Waals surface area contributed by atoms with Crippen LogP contribution in [0.5, 0.6) is 5.75 Å². The lowest BCUT2D eigenvalue weighted by Crippen LogP contribution is -2.46. The van der Waals surface area contributed by atoms with Crippen LogP contribution in [0.25, 0.3) is 6.08 Å². The Kier molecular flexibility index (Phi) is 6.77. The highest BCUT2D eigenvalue weighted by atomic mass is 19.1. The van der Waals surface area contributed by atoms with Gasteiger partial charge < -0.3 is 14.8 Å². The van der Waals surface area contributed by atoms with E-state index >= 15 is 0 Å². The van der Waals surface area contributed by atoms with Crippen LogP contribution in [0.2, 0.25) is 6.32 Å². The molecule has 2 fully saturated rings. The van der Waals surface area contributed by atoms with Crippen molar-refractivity contribution in [3.05, 3.63) is 46.3 Å². The van der Waals surface area contributed by atoms with E-state index in [4.69, 9.17) is 4.65 Å². The number of benzene rings is 1. The maximum Gasteiger partial charge on any atom is 0.455 e. The highest BCUT2D eigenvalue weighted by molar-refractivity contribution is 6.43. The van der Waals surface area contributed by atoms with Crippen molar-refractivity contribution in [2.24, 2.45) is 17.8 Å². The third-order valence-electron chi connectivity index (χ3n) is 7.48. The maximum absolute atomic E-state index is 13.7. The second kappa shape index (κ2) is 9.43. The fourth-order valence-corrected chi connectivity index (χ4v) is 5.78. The van der Waals surface area contributed by atoms with E-state index in [2.05, 4.69) is 6.92 Å². The first-order valence-corrected chi connectivity index (χ1v) is 11.8. The molecule has 2 aliphatic heterocycles. The zero-order valence-corrected chi connectivity index (χ0v) is 19.4. The number of carbonyl (C=O) groups excluding carboxylic acids is 2. The number of amides is 2. The maximum atomic E-state index is 13.7. The highest BCUT2D eigenvalue weighted by Gasteiger charge is 2.56. The van der Waals surface area contributed by atoms with Crippen LogP contribution in [0, 0.1) is 23.6 Å². The highest BCUT2D eigenvalue weighted by Crippen LogP contribution is 2.50. The van der Waals surface area contributed by atoms with Gasteiger partial charge in [-0.25, -0.2) is 4.39 Å². The summed E-state index contributed by atoms with van der Waals surface area (Å²) in [7, 11) is 0.570. The quantitative estimate of drug-likeness (QED) is 0.386. The topological polar surface area (TPSA) is 87.1 Å². The van der Waals surface area contributed by atoms with Gasteiger partial charge in [0, 0.05) is 7.05 Å². The predicted molar refractivity (Wildman–Crippen MR) is 123 cm³/mol. The van der Waals surface area contributed by atoms with E-state index in [1.54, 1.807) is 13.1 Å². The van der Waals surface area contributed by atoms with Crippen LogP contribution < -0.4 is 0 Å². The van der Waals surface area contributed by atoms with Crippen LogP contribution >= 0.6 is 0 Å². The molecule has 0 bridgehead atoms. The number of phenolic OH excluding ortho intramolecular Hbond substituents is 1. The van der Waals surface area contributed by atoms with Gasteiger partial charge in [0.25, 0.3) is 0 Å². The zero-order valence-electron chi connectivity index (χ0n) is 19.4. The summed E-state index contributed by atoms with van der Waals surface area (Å²) in [5, 5.41) is 19.9. The first-order chi connectivity index (χ1) is 15.7. The number of phenols is 1. The van der Waals surface area contributed by atoms with Crippen molar-refractivity contribution in [2.75, 3.05) is 7.05 Å². The number of hydrogen-bond acceptors (Lipinski definition) is 5. The summed E-state index contributed by atoms with van der Waals surface area (Å²) in [6, 6.07) is 4.32. The Labute approximate surface area is 194 Å². The van der Waals surface area contributed by atoms with Crippen molar-refractivity contribution in [1.82, 2.24) is 4.90 Å². The molecule has 0 saturated carbocycles. The Hall–Kier alpha value is -2.45. The lowest BCUT2D eigenvalue weighted by molar-refractivity contribution is -0.138. The van der Waals surface area contributed by atoms with Gasteiger partial charge in [0.15, 0.2) is 11.6 Å². The second-order valence-corrected chi connectivity index (χ2v) is 9.31. The second-order valence-electron chi connectivity index (χ2n) is 9.31. The number of rotatable bonds is 6. The number of carbonyl (C=O) groups is 2. The largest absolute Gasteiger partial charge is 0.505 e. The van der Waals surface area contributed by atoms with E-state index in [0.29, 0.717) is 31.1 Å². The number of fused-ring (bicyclic) bond motifs is 3. The molecule has 2 saturated heterocycles. The minimum Gasteiger partial charge on any atom is -0.505 e. The van der Waals surface area contributed by atoms with Gasteiger partial charge in [-0.2, -0.15) is 0 Å². The first-order valence-electron chi connectivity index (χ1n) is 11.8. The molecular formula is C25H31BFNO5. The Balaban J connectivity index is 1.59. The van der Waals surface area contributed by atoms with E-state index < -0.39 is 18.9 Å². The molecule has 0 unspecified atom stereocenters. The number of allylic oxidation sites excluding steroid dienone is 2. The molecule has 1 aliphatic carbocycles. The smallest absolute Gasteiger partial charge is 0.455 e. The fraction of sp³-hybridized carbons (Fsp3) is 0.520. The molecule has 2 heterocycles. The number of imide groups is 1. The van der Waals surface area contributed by atoms with Gasteiger partial charge in [0.05, 0.1) is 17.9 Å². The Morgan fingerprint density at radius 3 is 2.70 bits per heavy atom. The van der Waals surface area contributed by atoms with Gasteiger partial charge in [-0.05, 0) is 67.6 Å². The number of likely N-dealkylation sites (tertiary alicyclic amines) is 1. The van der Waals surface area contributed by atoms with Gasteiger partial charge in [0.2, 0.25) is 11.8 Å². The molecule has 8 heteroatoms. The average molecular weight is 455 g/mol. The Morgan fingerprint density at radius 2 is 2.03 bits per heavy atom. The van der Waals surface area contributed by atoms with Gasteiger partial charge in [-0.3, -0.25) is 14.5 Å². The number of hydrogen-bond donors (Lipinski definition) is 2. The summed E-state index contributed by atoms with van der Waals surface area (Å²) in [5.74, 6) is -2.25. The van der Waals surface area contributed by atoms with E-state index in [1.165, 1.54) is 17.0 Å². The molecule has 33 heavy (non-hydrogen) atoms. The van der Waals surface area contributed by atoms with Crippen LogP contribution in [-0.4, -0.2) is 47.1 Å². The molecule has 4 atom stereocenters. The van der Waals surface area contributed by atoms with Crippen LogP contribution in [0.15, 0.2) is 34.9 Å². The van der Waals surface area contributed by atoms with Crippen LogP contribution in [0.4, 0.5) is 4.39 Å². The van der Waals surface area contributed by atoms with Crippen molar-refractivity contribution >= 4 is 25.0 Å². The predicted octanol–water partition coefficient (Wildman–Crippen LogP) is 3.94. The summed E-state index contributed by atoms with van der Waals surface area (Å²) in [6.45, 7) is 4.09. The lowest BCUT2D eigenvalue weighted by atomic mass is 9.58. The van der Waals surface area contributed by atoms with Crippen molar-refractivity contribution in [3.63, 3.8) is 0 Å². The normalized spacial score (nSPS) is 27.8. The third kappa shape index (κ3) is 4.38. The molecule has 4 rings (SSSR count). The van der Waals surface area contributed by atoms with Gasteiger partial charge in [0.1, 0.15) is 0 Å². The first kappa shape index (κ1) is 23.7. The zero-order chi connectivity index (χ0) is 23.9. The SMILES string of the molecule is CCC1=C2[C@@H](CC/C(=C/c3ccc(O)c(F)c3)CC)OB(O)C[C@@H]2[C@@H]2C(=O)N(C)C(=O)[C@@H]2C1. The summed E-state index contributed by atoms with van der Waals surface area (Å²) in [6.07, 6.45) is 5.34. The molecule has 0 spiro atoms. The Bertz CT molecular complexity index is 1020. The summed E-state index contributed by atoms with van der Waals surface area (Å²) >= 11 is 0. The van der Waals surface area contributed by atoms with E-state index in [1.807, 2.05) is 13.0 Å². The van der Waals surface area contributed by atoms with Crippen molar-refractivity contribution in [3.8, 4) is 5.75 Å². The third-order valence-corrected chi connectivity index (χ3v) is 7.48. The van der Waals surface area contributed by atoms with E-state index in [0.717, 1.165) is 29.6 Å². The van der Waals surface area contributed by atoms with Crippen molar-refractivity contribution in [1.29, 1.82) is 0 Å². The van der Waals surface area contributed by atoms with Crippen LogP contribution in [-0.2, 0) is 14.2 Å². The van der Waals surface area contributed by atoms with Gasteiger partial charge in [-0.15, -0.1) is 0 Å². The molecule has 2 amide bonds. The average Bonchev–Trinajstić information content (AvgIpc) is 3.01. The minimum atomic E-state index is -0.977. The summed E-state index contributed by atoms with van der Waals surface area (Å²) in [5.41, 5.74) is 4.03. The van der Waals surface area contributed by atoms with Crippen molar-refractivity contribution in [2.45, 2.75) is 58.4 Å². The fourth-order valence-electron chi connectivity index (χ4n) is 5.78. The molecule has 1 aromatic rings. The standard InChI is InChI=1S/C25H31BFNO5/c1-4-14(10-15-6-8-20(29)19(27)11-15)7-9-21-22-16(5-2)12-17-23(18(22)13-26(32)33-21)25(31)28(3)24(17)30/h6,8,10-11,17-18,21,23,29,32H,4-5,7,9,12-13H2,1-3H3/b14-10+/t17-,18+,21-,23-/m1/s1. The number of halogens is 1. The molecule has 2 N–H and O–H groups in total. The van der Waals surface area contributed by atoms with Crippen LogP contribution in [0.3, 0.4) is 0 Å². The molecule has 1 aromatic carbocycles. The number of nitrogens with zero attached hydrogens (tertiary/aromatic N) is 1. The van der Waals surface area contributed by atoms with Gasteiger partial charge >= 0.3 is 7.12 Å². The summed E-state index contributed by atoms with van der Waals surface area (Å²) in [4.78, 5) is 26.8. The lowest BCUT2D eigenvalue weighted by Gasteiger charge is -2.43. The van der Waals surface area contributed by atoms with Crippen LogP contribution in [0.1, 0.15) is 51.5 Å². The summed E-state index contributed by atoms with van der Waals surface area (Å²) < 4.78 is 19.7. The van der Waals surface area contributed by atoms with E-state index in [-0.39, 0.29) is 35.5 Å². The molecule has 3 aliphatic rings. The monoisotopic (exact) mass is 455 g/mol. The molecule has 6 nitrogen and oxygen atoms in total. The minimum absolute atomic E-state index is 0.120. The van der Waals surface area contributed by atoms with E-state index in [9.17, 15) is 24.1 Å². The van der Waals surface area contributed by atoms with Crippen molar-refractivity contribution < 1.29 is 28.8 Å². The molecular weight excluding hydrogens is 424 g/mol.